The minimum absolute atomic E-state index is 0.532. The molecule has 1 rings (SSSR count). The Hall–Kier alpha value is -1.91. The minimum atomic E-state index is -6.09. The van der Waals surface area contributed by atoms with Crippen molar-refractivity contribution in [1.82, 2.24) is 0 Å². The van der Waals surface area contributed by atoms with E-state index < -0.39 is 37.8 Å². The molecule has 0 aliphatic carbocycles. The van der Waals surface area contributed by atoms with Gasteiger partial charge < -0.3 is 4.18 Å². The van der Waals surface area contributed by atoms with Gasteiger partial charge in [-0.15, -0.1) is 0 Å². The Bertz CT molecular complexity index is 582. The summed E-state index contributed by atoms with van der Waals surface area (Å²) in [4.78, 5) is 9.00. The lowest BCUT2D eigenvalue weighted by molar-refractivity contribution is -0.388. The first-order valence-corrected chi connectivity index (χ1v) is 5.41. The van der Waals surface area contributed by atoms with Crippen LogP contribution in [0.2, 0.25) is 0 Å². The van der Waals surface area contributed by atoms with E-state index in [1.54, 1.807) is 0 Å². The van der Waals surface area contributed by atoms with Crippen LogP contribution in [0.1, 0.15) is 0 Å². The third kappa shape index (κ3) is 2.67. The van der Waals surface area contributed by atoms with E-state index >= 15 is 0 Å². The molecule has 0 bridgehead atoms. The predicted molar refractivity (Wildman–Crippen MR) is 48.7 cm³/mol. The van der Waals surface area contributed by atoms with Crippen LogP contribution in [0.3, 0.4) is 0 Å². The molecule has 0 N–H and O–H groups in total. The van der Waals surface area contributed by atoms with Crippen LogP contribution in [-0.4, -0.2) is 18.8 Å². The number of halogens is 4. The Morgan fingerprint density at radius 2 is 1.83 bits per heavy atom. The van der Waals surface area contributed by atoms with E-state index in [0.29, 0.717) is 12.1 Å². The quantitative estimate of drug-likeness (QED) is 0.279. The highest BCUT2D eigenvalue weighted by Gasteiger charge is 2.49. The molecule has 0 amide bonds. The van der Waals surface area contributed by atoms with Crippen molar-refractivity contribution in [1.29, 1.82) is 0 Å². The zero-order valence-corrected chi connectivity index (χ0v) is 8.96. The van der Waals surface area contributed by atoms with Crippen LogP contribution < -0.4 is 4.18 Å². The summed E-state index contributed by atoms with van der Waals surface area (Å²) in [5.74, 6) is -2.87. The summed E-state index contributed by atoms with van der Waals surface area (Å²) in [5, 5.41) is 10.4. The van der Waals surface area contributed by atoms with E-state index in [4.69, 9.17) is 0 Å². The van der Waals surface area contributed by atoms with Gasteiger partial charge >= 0.3 is 21.3 Å². The molecule has 11 heteroatoms. The van der Waals surface area contributed by atoms with Crippen LogP contribution in [-0.2, 0) is 10.1 Å². The van der Waals surface area contributed by atoms with Crippen molar-refractivity contribution in [2.45, 2.75) is 5.51 Å². The lowest BCUT2D eigenvalue weighted by Crippen LogP contribution is -2.28. The highest BCUT2D eigenvalue weighted by atomic mass is 32.2. The summed E-state index contributed by atoms with van der Waals surface area (Å²) in [6.07, 6.45) is 0. The SMILES string of the molecule is O=[N+]([O-])c1c(F)cccc1OS(=O)(=O)C(F)(F)F. The average Bonchev–Trinajstić information content (AvgIpc) is 2.14. The molecule has 0 saturated heterocycles. The van der Waals surface area contributed by atoms with E-state index in [-0.39, 0.29) is 0 Å². The Labute approximate surface area is 97.1 Å². The molecule has 0 aliphatic rings. The molecule has 18 heavy (non-hydrogen) atoms. The van der Waals surface area contributed by atoms with Gasteiger partial charge in [-0.2, -0.15) is 26.0 Å². The molecule has 0 fully saturated rings. The fourth-order valence-electron chi connectivity index (χ4n) is 0.905. The van der Waals surface area contributed by atoms with Gasteiger partial charge in [0.1, 0.15) is 0 Å². The fraction of sp³-hybridized carbons (Fsp3) is 0.143. The van der Waals surface area contributed by atoms with Crippen molar-refractivity contribution in [3.8, 4) is 5.75 Å². The zero-order valence-electron chi connectivity index (χ0n) is 8.14. The number of nitrogens with zero attached hydrogens (tertiary/aromatic N) is 1. The van der Waals surface area contributed by atoms with Crippen LogP contribution in [0, 0.1) is 15.9 Å². The standard InChI is InChI=1S/C7H3F4NO5S/c8-4-2-1-3-5(6(4)12(13)14)17-18(15,16)7(9,10)11/h1-3H. The van der Waals surface area contributed by atoms with Gasteiger partial charge in [-0.3, -0.25) is 10.1 Å². The maximum Gasteiger partial charge on any atom is 0.534 e. The Morgan fingerprint density at radius 3 is 2.28 bits per heavy atom. The largest absolute Gasteiger partial charge is 0.534 e. The molecule has 0 aromatic heterocycles. The third-order valence-electron chi connectivity index (χ3n) is 1.62. The first kappa shape index (κ1) is 14.2. The van der Waals surface area contributed by atoms with Gasteiger partial charge in [-0.1, -0.05) is 6.07 Å². The van der Waals surface area contributed by atoms with E-state index in [2.05, 4.69) is 4.18 Å². The van der Waals surface area contributed by atoms with Crippen LogP contribution in [0.15, 0.2) is 18.2 Å². The molecule has 0 heterocycles. The van der Waals surface area contributed by atoms with Crippen molar-refractivity contribution < 1.29 is 35.1 Å². The fourth-order valence-corrected chi connectivity index (χ4v) is 1.37. The molecular formula is C7H3F4NO5S. The summed E-state index contributed by atoms with van der Waals surface area (Å²) in [7, 11) is -6.09. The van der Waals surface area contributed by atoms with Gasteiger partial charge in [0, 0.05) is 0 Å². The lowest BCUT2D eigenvalue weighted by atomic mass is 10.3. The smallest absolute Gasteiger partial charge is 0.368 e. The third-order valence-corrected chi connectivity index (χ3v) is 2.58. The highest BCUT2D eigenvalue weighted by molar-refractivity contribution is 7.88. The Balaban J connectivity index is 3.30. The molecule has 1 aromatic rings. The van der Waals surface area contributed by atoms with E-state index in [1.807, 2.05) is 0 Å². The molecule has 0 spiro atoms. The van der Waals surface area contributed by atoms with E-state index in [1.165, 1.54) is 0 Å². The van der Waals surface area contributed by atoms with Gasteiger partial charge in [0.2, 0.25) is 11.6 Å². The molecule has 0 aliphatic heterocycles. The number of para-hydroxylation sites is 1. The van der Waals surface area contributed by atoms with Gasteiger partial charge in [0.05, 0.1) is 4.92 Å². The zero-order chi connectivity index (χ0) is 14.1. The number of rotatable bonds is 3. The Kier molecular flexibility index (Phi) is 3.46. The van der Waals surface area contributed by atoms with Gasteiger partial charge in [-0.05, 0) is 12.1 Å². The molecule has 0 radical (unpaired) electrons. The second kappa shape index (κ2) is 4.40. The maximum absolute atomic E-state index is 13.0. The first-order chi connectivity index (χ1) is 8.06. The van der Waals surface area contributed by atoms with Crippen LogP contribution in [0.4, 0.5) is 23.2 Å². The number of nitro benzene ring substituents is 1. The second-order valence-electron chi connectivity index (χ2n) is 2.83. The molecule has 1 aromatic carbocycles. The number of nitro groups is 1. The predicted octanol–water partition coefficient (Wildman–Crippen LogP) is 1.96. The van der Waals surface area contributed by atoms with Crippen molar-refractivity contribution in [3.05, 3.63) is 34.1 Å². The molecule has 0 atom stereocenters. The number of hydrogen-bond acceptors (Lipinski definition) is 5. The number of benzene rings is 1. The summed E-state index contributed by atoms with van der Waals surface area (Å²) in [6.45, 7) is 0. The topological polar surface area (TPSA) is 86.5 Å². The maximum atomic E-state index is 13.0. The summed E-state index contributed by atoms with van der Waals surface area (Å²) in [5.41, 5.74) is -7.27. The van der Waals surface area contributed by atoms with Gasteiger partial charge in [0.25, 0.3) is 0 Å². The second-order valence-corrected chi connectivity index (χ2v) is 4.36. The summed E-state index contributed by atoms with van der Waals surface area (Å²) >= 11 is 0. The Morgan fingerprint density at radius 1 is 1.28 bits per heavy atom. The summed E-state index contributed by atoms with van der Waals surface area (Å²) in [6, 6.07) is 1.87. The monoisotopic (exact) mass is 289 g/mol. The van der Waals surface area contributed by atoms with Crippen molar-refractivity contribution in [2.24, 2.45) is 0 Å². The molecule has 0 unspecified atom stereocenters. The molecule has 100 valence electrons. The number of alkyl halides is 3. The van der Waals surface area contributed by atoms with Crippen molar-refractivity contribution in [2.75, 3.05) is 0 Å². The van der Waals surface area contributed by atoms with Crippen molar-refractivity contribution in [3.63, 3.8) is 0 Å². The number of hydrogen-bond donors (Lipinski definition) is 0. The lowest BCUT2D eigenvalue weighted by Gasteiger charge is -2.09. The molecular weight excluding hydrogens is 286 g/mol. The van der Waals surface area contributed by atoms with Crippen LogP contribution >= 0.6 is 0 Å². The van der Waals surface area contributed by atoms with Gasteiger partial charge in [0.15, 0.2) is 0 Å². The van der Waals surface area contributed by atoms with E-state index in [0.717, 1.165) is 6.07 Å². The normalized spacial score (nSPS) is 12.2. The minimum Gasteiger partial charge on any atom is -0.368 e. The molecule has 6 nitrogen and oxygen atoms in total. The van der Waals surface area contributed by atoms with Crippen LogP contribution in [0.25, 0.3) is 0 Å². The average molecular weight is 289 g/mol. The summed E-state index contributed by atoms with van der Waals surface area (Å²) < 4.78 is 73.6. The van der Waals surface area contributed by atoms with E-state index in [9.17, 15) is 36.1 Å². The highest BCUT2D eigenvalue weighted by Crippen LogP contribution is 2.34. The first-order valence-electron chi connectivity index (χ1n) is 4.00. The van der Waals surface area contributed by atoms with Crippen molar-refractivity contribution >= 4 is 15.8 Å². The van der Waals surface area contributed by atoms with Crippen LogP contribution in [0.5, 0.6) is 5.75 Å². The molecule has 0 saturated carbocycles. The van der Waals surface area contributed by atoms with Gasteiger partial charge in [-0.25, -0.2) is 0 Å².